The van der Waals surface area contributed by atoms with E-state index >= 15 is 0 Å². The van der Waals surface area contributed by atoms with Crippen LogP contribution in [0.15, 0.2) is 48.5 Å². The lowest BCUT2D eigenvalue weighted by Gasteiger charge is -2.34. The molecule has 0 aliphatic carbocycles. The molecule has 3 aromatic rings. The van der Waals surface area contributed by atoms with Gasteiger partial charge >= 0.3 is 0 Å². The van der Waals surface area contributed by atoms with E-state index in [1.165, 1.54) is 5.56 Å². The molecule has 0 bridgehead atoms. The van der Waals surface area contributed by atoms with Crippen LogP contribution in [0.2, 0.25) is 0 Å². The molecule has 0 atom stereocenters. The van der Waals surface area contributed by atoms with Crippen molar-refractivity contribution in [3.8, 4) is 5.75 Å². The normalized spacial score (nSPS) is 15.0. The number of nitrogens with zero attached hydrogens (tertiary/aromatic N) is 3. The minimum Gasteiger partial charge on any atom is -0.494 e. The molecule has 0 spiro atoms. The van der Waals surface area contributed by atoms with Gasteiger partial charge in [-0.05, 0) is 36.8 Å². The van der Waals surface area contributed by atoms with Gasteiger partial charge in [0.15, 0.2) is 0 Å². The molecular formula is C23H28N4O2. The number of para-hydroxylation sites is 2. The maximum absolute atomic E-state index is 12.6. The first-order valence-corrected chi connectivity index (χ1v) is 10.4. The van der Waals surface area contributed by atoms with E-state index in [-0.39, 0.29) is 5.91 Å². The smallest absolute Gasteiger partial charge is 0.223 e. The van der Waals surface area contributed by atoms with Crippen LogP contribution >= 0.6 is 0 Å². The lowest BCUT2D eigenvalue weighted by Crippen LogP contribution is -2.48. The number of benzene rings is 2. The number of piperazine rings is 1. The molecule has 1 N–H and O–H groups in total. The van der Waals surface area contributed by atoms with Gasteiger partial charge in [0.1, 0.15) is 11.6 Å². The van der Waals surface area contributed by atoms with E-state index in [1.807, 2.05) is 48.2 Å². The highest BCUT2D eigenvalue weighted by Crippen LogP contribution is 2.16. The Balaban J connectivity index is 1.22. The monoisotopic (exact) mass is 392 g/mol. The van der Waals surface area contributed by atoms with Gasteiger partial charge < -0.3 is 14.6 Å². The van der Waals surface area contributed by atoms with Gasteiger partial charge in [-0.25, -0.2) is 4.98 Å². The van der Waals surface area contributed by atoms with Gasteiger partial charge in [0.25, 0.3) is 0 Å². The molecule has 0 saturated carbocycles. The quantitative estimate of drug-likeness (QED) is 0.671. The Hall–Kier alpha value is -2.86. The fourth-order valence-electron chi connectivity index (χ4n) is 3.78. The van der Waals surface area contributed by atoms with Crippen LogP contribution < -0.4 is 4.74 Å². The van der Waals surface area contributed by atoms with Crippen molar-refractivity contribution in [3.63, 3.8) is 0 Å². The van der Waals surface area contributed by atoms with Crippen LogP contribution in [0, 0.1) is 0 Å². The number of hydrogen-bond acceptors (Lipinski definition) is 4. The highest BCUT2D eigenvalue weighted by atomic mass is 16.5. The average Bonchev–Trinajstić information content (AvgIpc) is 3.17. The molecule has 152 valence electrons. The summed E-state index contributed by atoms with van der Waals surface area (Å²) in [6.45, 7) is 6.98. The fraction of sp³-hybridized carbons (Fsp3) is 0.391. The molecule has 1 saturated heterocycles. The molecule has 1 aromatic heterocycles. The van der Waals surface area contributed by atoms with E-state index in [4.69, 9.17) is 4.74 Å². The zero-order valence-electron chi connectivity index (χ0n) is 16.9. The molecule has 1 amide bonds. The van der Waals surface area contributed by atoms with Crippen molar-refractivity contribution in [2.45, 2.75) is 26.3 Å². The van der Waals surface area contributed by atoms with E-state index in [9.17, 15) is 4.79 Å². The SMILES string of the molecule is CCOc1ccc(CN2CCN(C(=O)CCc3nc4ccccc4[nH]3)CC2)cc1. The van der Waals surface area contributed by atoms with Crippen LogP contribution in [-0.4, -0.2) is 58.5 Å². The van der Waals surface area contributed by atoms with Gasteiger partial charge in [-0.2, -0.15) is 0 Å². The highest BCUT2D eigenvalue weighted by molar-refractivity contribution is 5.77. The molecule has 0 unspecified atom stereocenters. The number of rotatable bonds is 7. The standard InChI is InChI=1S/C23H28N4O2/c1-2-29-19-9-7-18(8-10-19)17-26-13-15-27(16-14-26)23(28)12-11-22-24-20-5-3-4-6-21(20)25-22/h3-10H,2,11-17H2,1H3,(H,24,25). The number of ether oxygens (including phenoxy) is 1. The van der Waals surface area contributed by atoms with Crippen molar-refractivity contribution in [3.05, 3.63) is 59.9 Å². The van der Waals surface area contributed by atoms with Crippen molar-refractivity contribution < 1.29 is 9.53 Å². The molecule has 6 nitrogen and oxygen atoms in total. The first-order chi connectivity index (χ1) is 14.2. The summed E-state index contributed by atoms with van der Waals surface area (Å²) >= 11 is 0. The fourth-order valence-corrected chi connectivity index (χ4v) is 3.78. The van der Waals surface area contributed by atoms with Gasteiger partial charge in [0.05, 0.1) is 17.6 Å². The minimum atomic E-state index is 0.214. The summed E-state index contributed by atoms with van der Waals surface area (Å²) in [5.74, 6) is 2.01. The Morgan fingerprint density at radius 1 is 1.07 bits per heavy atom. The van der Waals surface area contributed by atoms with Crippen molar-refractivity contribution in [2.24, 2.45) is 0 Å². The van der Waals surface area contributed by atoms with Gasteiger partial charge in [0.2, 0.25) is 5.91 Å². The second-order valence-electron chi connectivity index (χ2n) is 7.43. The van der Waals surface area contributed by atoms with Crippen molar-refractivity contribution >= 4 is 16.9 Å². The van der Waals surface area contributed by atoms with Crippen molar-refractivity contribution in [1.82, 2.24) is 19.8 Å². The molecule has 2 aromatic carbocycles. The lowest BCUT2D eigenvalue weighted by molar-refractivity contribution is -0.133. The van der Waals surface area contributed by atoms with Crippen molar-refractivity contribution in [1.29, 1.82) is 0 Å². The molecule has 0 radical (unpaired) electrons. The number of amides is 1. The number of aromatic nitrogens is 2. The number of carbonyl (C=O) groups excluding carboxylic acids is 1. The Morgan fingerprint density at radius 2 is 1.83 bits per heavy atom. The number of nitrogens with one attached hydrogen (secondary N) is 1. The van der Waals surface area contributed by atoms with Gasteiger partial charge in [-0.3, -0.25) is 9.69 Å². The number of fused-ring (bicyclic) bond motifs is 1. The summed E-state index contributed by atoms with van der Waals surface area (Å²) in [6, 6.07) is 16.3. The maximum Gasteiger partial charge on any atom is 0.223 e. The zero-order chi connectivity index (χ0) is 20.1. The molecule has 6 heteroatoms. The van der Waals surface area contributed by atoms with E-state index in [0.717, 1.165) is 55.3 Å². The topological polar surface area (TPSA) is 61.5 Å². The summed E-state index contributed by atoms with van der Waals surface area (Å²) < 4.78 is 5.50. The number of aryl methyl sites for hydroxylation is 1. The Labute approximate surface area is 171 Å². The second kappa shape index (κ2) is 9.09. The Morgan fingerprint density at radius 3 is 2.55 bits per heavy atom. The number of carbonyl (C=O) groups is 1. The van der Waals surface area contributed by atoms with Crippen LogP contribution in [0.25, 0.3) is 11.0 Å². The van der Waals surface area contributed by atoms with E-state index in [2.05, 4.69) is 27.0 Å². The number of hydrogen-bond donors (Lipinski definition) is 1. The first-order valence-electron chi connectivity index (χ1n) is 10.4. The molecule has 1 aliphatic rings. The van der Waals surface area contributed by atoms with Crippen molar-refractivity contribution in [2.75, 3.05) is 32.8 Å². The van der Waals surface area contributed by atoms with Crippen LogP contribution in [0.5, 0.6) is 5.75 Å². The summed E-state index contributed by atoms with van der Waals surface area (Å²) in [6.07, 6.45) is 1.15. The largest absolute Gasteiger partial charge is 0.494 e. The zero-order valence-corrected chi connectivity index (χ0v) is 16.9. The third kappa shape index (κ3) is 4.95. The molecule has 29 heavy (non-hydrogen) atoms. The predicted molar refractivity (Wildman–Crippen MR) is 114 cm³/mol. The van der Waals surface area contributed by atoms with E-state index in [0.29, 0.717) is 19.4 Å². The van der Waals surface area contributed by atoms with Gasteiger partial charge in [-0.1, -0.05) is 24.3 Å². The lowest BCUT2D eigenvalue weighted by atomic mass is 10.2. The molecular weight excluding hydrogens is 364 g/mol. The van der Waals surface area contributed by atoms with Crippen LogP contribution in [0.4, 0.5) is 0 Å². The maximum atomic E-state index is 12.6. The third-order valence-electron chi connectivity index (χ3n) is 5.38. The number of H-pyrrole nitrogens is 1. The van der Waals surface area contributed by atoms with Gasteiger partial charge in [0, 0.05) is 45.6 Å². The third-order valence-corrected chi connectivity index (χ3v) is 5.38. The predicted octanol–water partition coefficient (Wildman–Crippen LogP) is 3.24. The van der Waals surface area contributed by atoms with Crippen LogP contribution in [0.3, 0.4) is 0 Å². The summed E-state index contributed by atoms with van der Waals surface area (Å²) in [5, 5.41) is 0. The Bertz CT molecular complexity index is 910. The van der Waals surface area contributed by atoms with E-state index < -0.39 is 0 Å². The Kier molecular flexibility index (Phi) is 6.10. The summed E-state index contributed by atoms with van der Waals surface area (Å²) in [5.41, 5.74) is 3.26. The molecule has 4 rings (SSSR count). The molecule has 2 heterocycles. The summed E-state index contributed by atoms with van der Waals surface area (Å²) in [7, 11) is 0. The highest BCUT2D eigenvalue weighted by Gasteiger charge is 2.21. The molecule has 1 fully saturated rings. The number of imidazole rings is 1. The summed E-state index contributed by atoms with van der Waals surface area (Å²) in [4.78, 5) is 24.9. The second-order valence-corrected chi connectivity index (χ2v) is 7.43. The van der Waals surface area contributed by atoms with Crippen LogP contribution in [-0.2, 0) is 17.8 Å². The number of aromatic amines is 1. The first kappa shape index (κ1) is 19.5. The van der Waals surface area contributed by atoms with Gasteiger partial charge in [-0.15, -0.1) is 0 Å². The van der Waals surface area contributed by atoms with Crippen LogP contribution in [0.1, 0.15) is 24.7 Å². The average molecular weight is 393 g/mol. The van der Waals surface area contributed by atoms with E-state index in [1.54, 1.807) is 0 Å². The minimum absolute atomic E-state index is 0.214. The molecule has 1 aliphatic heterocycles.